The zero-order valence-corrected chi connectivity index (χ0v) is 27.3. The third kappa shape index (κ3) is 7.54. The number of aromatic nitrogens is 2. The number of likely N-dealkylation sites (tertiary alicyclic amines) is 1. The number of allylic oxidation sites excluding steroid dienone is 3. The van der Waals surface area contributed by atoms with Crippen LogP contribution in [0.15, 0.2) is 48.2 Å². The smallest absolute Gasteiger partial charge is 0.423 e. The highest BCUT2D eigenvalue weighted by molar-refractivity contribution is 8.11. The van der Waals surface area contributed by atoms with Gasteiger partial charge in [-0.15, -0.1) is 9.53 Å². The lowest BCUT2D eigenvalue weighted by Crippen LogP contribution is -2.55. The number of alkyl halides is 3. The number of ether oxygens (including phenoxy) is 2. The van der Waals surface area contributed by atoms with Crippen molar-refractivity contribution >= 4 is 27.1 Å². The van der Waals surface area contributed by atoms with E-state index >= 15 is 0 Å². The molecule has 1 amide bonds. The van der Waals surface area contributed by atoms with Crippen LogP contribution in [0.25, 0.3) is 0 Å². The minimum Gasteiger partial charge on any atom is -0.495 e. The predicted octanol–water partition coefficient (Wildman–Crippen LogP) is 4.49. The van der Waals surface area contributed by atoms with Crippen molar-refractivity contribution in [3.8, 4) is 11.6 Å². The molecule has 0 spiro atoms. The van der Waals surface area contributed by atoms with E-state index in [0.717, 1.165) is 31.5 Å². The van der Waals surface area contributed by atoms with E-state index in [1.807, 2.05) is 25.3 Å². The summed E-state index contributed by atoms with van der Waals surface area (Å²) in [6, 6.07) is 3.98. The van der Waals surface area contributed by atoms with Crippen LogP contribution in [0.1, 0.15) is 41.6 Å². The fraction of sp³-hybridized carbons (Fsp3) is 0.516. The molecule has 3 N–H and O–H groups in total. The van der Waals surface area contributed by atoms with Crippen LogP contribution in [0.5, 0.6) is 11.6 Å². The number of rotatable bonds is 9. The predicted molar refractivity (Wildman–Crippen MR) is 170 cm³/mol. The first-order chi connectivity index (χ1) is 21.5. The Morgan fingerprint density at radius 3 is 2.59 bits per heavy atom. The lowest BCUT2D eigenvalue weighted by atomic mass is 9.93. The number of fused-ring (bicyclic) bond motifs is 1. The number of hydrogen-bond donors (Lipinski definition) is 3. The first kappa shape index (κ1) is 33.8. The van der Waals surface area contributed by atoms with Gasteiger partial charge in [-0.2, -0.15) is 22.4 Å². The minimum absolute atomic E-state index is 0.0617. The number of piperidine rings is 1. The Morgan fingerprint density at radius 1 is 1.22 bits per heavy atom. The maximum Gasteiger partial charge on any atom is 0.423 e. The second kappa shape index (κ2) is 12.6. The van der Waals surface area contributed by atoms with Gasteiger partial charge in [0.1, 0.15) is 17.4 Å². The van der Waals surface area contributed by atoms with Crippen LogP contribution in [-0.2, 0) is 15.7 Å². The zero-order valence-electron chi connectivity index (χ0n) is 26.5. The number of likely N-dealkylation sites (N-methyl/N-ethyl adjacent to an activating group) is 1. The summed E-state index contributed by atoms with van der Waals surface area (Å²) < 4.78 is 79.2. The van der Waals surface area contributed by atoms with Crippen molar-refractivity contribution in [2.24, 2.45) is 5.92 Å². The fourth-order valence-corrected chi connectivity index (χ4v) is 7.01. The molecule has 0 bridgehead atoms. The first-order valence-electron chi connectivity index (χ1n) is 15.0. The number of hydrogen-bond acceptors (Lipinski definition) is 8. The Labute approximate surface area is 266 Å². The van der Waals surface area contributed by atoms with Gasteiger partial charge in [0, 0.05) is 37.4 Å². The summed E-state index contributed by atoms with van der Waals surface area (Å²) in [5, 5.41) is 5.93. The average molecular weight is 667 g/mol. The number of halogens is 3. The van der Waals surface area contributed by atoms with Crippen molar-refractivity contribution in [1.29, 1.82) is 0 Å². The molecule has 2 heterocycles. The molecule has 3 unspecified atom stereocenters. The number of benzene rings is 1. The van der Waals surface area contributed by atoms with Gasteiger partial charge in [0.15, 0.2) is 0 Å². The molecule has 2 aromatic rings. The first-order valence-corrected chi connectivity index (χ1v) is 17.7. The number of nitrogens with one attached hydrogen (secondary N) is 2. The van der Waals surface area contributed by atoms with Gasteiger partial charge in [0.25, 0.3) is 5.91 Å². The quantitative estimate of drug-likeness (QED) is 0.355. The van der Waals surface area contributed by atoms with Gasteiger partial charge >= 0.3 is 6.18 Å². The standard InChI is InChI=1S/C31H41F3N6O5S/c1-39-14-12-21(13-15-39)36-28(41)20-10-11-24(25(17-20)44-3)37-30-35-18-23(31(32,33)34)29(38-30)45-26-16-19-8-6-7-9-22(19)27(26)40(2)46(4,5,42)43/h6-7,9-11,17-19,21,26-27H,8,12-16H2,1-5H3,(H,36,41)(H,42,43)(H,35,37,38). The topological polar surface area (TPSA) is 129 Å². The van der Waals surface area contributed by atoms with Crippen LogP contribution in [0, 0.1) is 5.92 Å². The van der Waals surface area contributed by atoms with Gasteiger partial charge in [-0.25, -0.2) is 9.29 Å². The molecule has 1 saturated carbocycles. The van der Waals surface area contributed by atoms with Crippen molar-refractivity contribution in [1.82, 2.24) is 24.5 Å². The summed E-state index contributed by atoms with van der Waals surface area (Å²) in [4.78, 5) is 23.1. The van der Waals surface area contributed by atoms with Crippen LogP contribution < -0.4 is 20.1 Å². The molecule has 1 aromatic carbocycles. The van der Waals surface area contributed by atoms with E-state index in [0.29, 0.717) is 30.3 Å². The van der Waals surface area contributed by atoms with Crippen LogP contribution in [0.2, 0.25) is 0 Å². The summed E-state index contributed by atoms with van der Waals surface area (Å²) in [6.45, 7) is 1.78. The van der Waals surface area contributed by atoms with Crippen molar-refractivity contribution in [3.05, 3.63) is 59.3 Å². The Kier molecular flexibility index (Phi) is 9.25. The average Bonchev–Trinajstić information content (AvgIpc) is 3.34. The lowest BCUT2D eigenvalue weighted by molar-refractivity contribution is -0.140. The van der Waals surface area contributed by atoms with Crippen LogP contribution in [-0.4, -0.2) is 98.8 Å². The third-order valence-electron chi connectivity index (χ3n) is 8.83. The Morgan fingerprint density at radius 2 is 1.93 bits per heavy atom. The monoisotopic (exact) mass is 666 g/mol. The Hall–Kier alpha value is -3.53. The number of amides is 1. The zero-order chi connectivity index (χ0) is 33.5. The minimum atomic E-state index is -4.83. The highest BCUT2D eigenvalue weighted by Gasteiger charge is 2.47. The molecule has 2 fully saturated rings. The Balaban J connectivity index is 1.40. The molecular weight excluding hydrogens is 625 g/mol. The SMILES string of the molecule is COc1cc(C(=O)NC2CCN(C)CC2)ccc1Nc1ncc(C(F)(F)F)c(OC2CC3CC=CC=C3C2N(C)S(C)(C)(=O)O)n1. The van der Waals surface area contributed by atoms with E-state index in [1.165, 1.54) is 37.0 Å². The largest absolute Gasteiger partial charge is 0.495 e. The summed E-state index contributed by atoms with van der Waals surface area (Å²) in [6.07, 6.45) is 5.57. The number of carbonyl (C=O) groups excluding carboxylic acids is 1. The van der Waals surface area contributed by atoms with Gasteiger partial charge in [-0.05, 0) is 75.5 Å². The molecule has 3 aliphatic rings. The maximum absolute atomic E-state index is 14.2. The van der Waals surface area contributed by atoms with E-state index < -0.39 is 39.3 Å². The van der Waals surface area contributed by atoms with Gasteiger partial charge in [0.2, 0.25) is 11.8 Å². The van der Waals surface area contributed by atoms with Gasteiger partial charge < -0.3 is 25.0 Å². The molecule has 11 nitrogen and oxygen atoms in total. The third-order valence-corrected chi connectivity index (χ3v) is 10.7. The molecule has 252 valence electrons. The van der Waals surface area contributed by atoms with Gasteiger partial charge in [0.05, 0.1) is 18.8 Å². The second-order valence-electron chi connectivity index (χ2n) is 12.6. The Bertz CT molecular complexity index is 1590. The molecule has 5 rings (SSSR count). The highest BCUT2D eigenvalue weighted by Crippen LogP contribution is 2.45. The van der Waals surface area contributed by atoms with E-state index in [2.05, 4.69) is 25.5 Å². The number of carbonyl (C=O) groups is 1. The van der Waals surface area contributed by atoms with Crippen molar-refractivity contribution in [2.45, 2.75) is 50.0 Å². The summed E-state index contributed by atoms with van der Waals surface area (Å²) in [5.74, 6) is -0.956. The number of methoxy groups -OCH3 is 1. The van der Waals surface area contributed by atoms with Gasteiger partial charge in [-0.1, -0.05) is 18.2 Å². The van der Waals surface area contributed by atoms with Crippen molar-refractivity contribution in [3.63, 3.8) is 0 Å². The normalized spacial score (nSPS) is 23.3. The molecule has 1 saturated heterocycles. The molecule has 2 aliphatic carbocycles. The van der Waals surface area contributed by atoms with Crippen molar-refractivity contribution < 1.29 is 36.2 Å². The van der Waals surface area contributed by atoms with Crippen LogP contribution >= 0.6 is 0 Å². The van der Waals surface area contributed by atoms with Crippen LogP contribution in [0.3, 0.4) is 0 Å². The summed E-state index contributed by atoms with van der Waals surface area (Å²) in [5.41, 5.74) is 0.331. The summed E-state index contributed by atoms with van der Waals surface area (Å²) >= 11 is 0. The molecular formula is C31H41F3N6O5S. The molecule has 1 aliphatic heterocycles. The van der Waals surface area contributed by atoms with E-state index in [9.17, 15) is 26.7 Å². The number of nitrogens with zero attached hydrogens (tertiary/aromatic N) is 4. The maximum atomic E-state index is 14.2. The van der Waals surface area contributed by atoms with Crippen molar-refractivity contribution in [2.75, 3.05) is 52.1 Å². The van der Waals surface area contributed by atoms with E-state index in [1.54, 1.807) is 12.1 Å². The van der Waals surface area contributed by atoms with E-state index in [-0.39, 0.29) is 29.6 Å². The lowest BCUT2D eigenvalue weighted by Gasteiger charge is -2.48. The van der Waals surface area contributed by atoms with E-state index in [4.69, 9.17) is 9.47 Å². The van der Waals surface area contributed by atoms with Crippen LogP contribution in [0.4, 0.5) is 24.8 Å². The second-order valence-corrected chi connectivity index (χ2v) is 16.6. The van der Waals surface area contributed by atoms with Gasteiger partial charge in [-0.3, -0.25) is 9.35 Å². The summed E-state index contributed by atoms with van der Waals surface area (Å²) in [7, 11) is 0.631. The fourth-order valence-electron chi connectivity index (χ4n) is 6.10. The molecule has 1 aromatic heterocycles. The highest BCUT2D eigenvalue weighted by atomic mass is 32.3. The molecule has 0 radical (unpaired) electrons. The molecule has 3 atom stereocenters. The number of anilines is 2. The molecule has 46 heavy (non-hydrogen) atoms. The molecule has 15 heteroatoms.